The minimum absolute atomic E-state index is 0.737. The molecule has 0 saturated carbocycles. The summed E-state index contributed by atoms with van der Waals surface area (Å²) in [4.78, 5) is 0. The molecule has 0 aromatic carbocycles. The number of hydrogen-bond donors (Lipinski definition) is 0. The largest absolute Gasteiger partial charge is 0.520 e. The average molecular weight is 202 g/mol. The van der Waals surface area contributed by atoms with Crippen molar-refractivity contribution in [3.63, 3.8) is 0 Å². The van der Waals surface area contributed by atoms with Gasteiger partial charge in [0.15, 0.2) is 0 Å². The molecule has 2 nitrogen and oxygen atoms in total. The highest BCUT2D eigenvalue weighted by Gasteiger charge is 2.19. The first-order valence-electron chi connectivity index (χ1n) is 4.86. The normalized spacial score (nSPS) is 10.9. The van der Waals surface area contributed by atoms with Crippen molar-refractivity contribution in [3.8, 4) is 0 Å². The molecule has 0 heterocycles. The molecule has 0 spiro atoms. The molecule has 0 aromatic rings. The van der Waals surface area contributed by atoms with Gasteiger partial charge in [-0.25, -0.2) is 0 Å². The smallest absolute Gasteiger partial charge is 0.263 e. The maximum Gasteiger partial charge on any atom is 0.263 e. The lowest BCUT2D eigenvalue weighted by atomic mass is 10.4. The second kappa shape index (κ2) is 5.32. The second-order valence-electron chi connectivity index (χ2n) is 4.35. The van der Waals surface area contributed by atoms with Gasteiger partial charge in [-0.15, -0.1) is 0 Å². The number of rotatable bonds is 5. The summed E-state index contributed by atoms with van der Waals surface area (Å²) in [5.74, 6) is 0.737. The van der Waals surface area contributed by atoms with Crippen LogP contribution in [0.4, 0.5) is 0 Å². The first-order chi connectivity index (χ1) is 5.87. The summed E-state index contributed by atoms with van der Waals surface area (Å²) in [5, 5.41) is 0. The highest BCUT2D eigenvalue weighted by molar-refractivity contribution is 6.70. The van der Waals surface area contributed by atoms with Gasteiger partial charge in [-0.05, 0) is 39.9 Å². The number of allylic oxidation sites excluding steroid dienone is 1. The molecule has 0 amide bonds. The van der Waals surface area contributed by atoms with Gasteiger partial charge in [-0.3, -0.25) is 0 Å². The van der Waals surface area contributed by atoms with E-state index in [1.807, 2.05) is 13.8 Å². The first kappa shape index (κ1) is 12.6. The first-order valence-corrected chi connectivity index (χ1v) is 8.27. The van der Waals surface area contributed by atoms with Crippen molar-refractivity contribution in [2.45, 2.75) is 46.8 Å². The molecule has 0 N–H and O–H groups in total. The Morgan fingerprint density at radius 1 is 1.15 bits per heavy atom. The van der Waals surface area contributed by atoms with Crippen molar-refractivity contribution < 1.29 is 9.16 Å². The molecule has 0 atom stereocenters. The molecule has 3 heteroatoms. The van der Waals surface area contributed by atoms with Gasteiger partial charge < -0.3 is 9.16 Å². The Labute approximate surface area is 83.1 Å². The van der Waals surface area contributed by atoms with Crippen molar-refractivity contribution >= 4 is 8.32 Å². The number of ether oxygens (including phenoxy) is 1. The Bertz CT molecular complexity index is 176. The van der Waals surface area contributed by atoms with Gasteiger partial charge in [0.25, 0.3) is 5.95 Å². The average Bonchev–Trinajstić information content (AvgIpc) is 1.95. The summed E-state index contributed by atoms with van der Waals surface area (Å²) >= 11 is 0. The summed E-state index contributed by atoms with van der Waals surface area (Å²) in [5.41, 5.74) is 1.12. The molecule has 0 rings (SSSR count). The van der Waals surface area contributed by atoms with Gasteiger partial charge in [0.05, 0.1) is 6.61 Å². The van der Waals surface area contributed by atoms with Crippen LogP contribution in [0, 0.1) is 0 Å². The van der Waals surface area contributed by atoms with E-state index >= 15 is 0 Å². The van der Waals surface area contributed by atoms with E-state index in [-0.39, 0.29) is 0 Å². The van der Waals surface area contributed by atoms with Gasteiger partial charge >= 0.3 is 0 Å². The minimum Gasteiger partial charge on any atom is -0.520 e. The fourth-order valence-electron chi connectivity index (χ4n) is 0.749. The lowest BCUT2D eigenvalue weighted by molar-refractivity contribution is 0.0989. The SMILES string of the molecule is CCCOC(O[Si](C)(C)C)=C(C)C. The molecule has 0 unspecified atom stereocenters. The molecular formula is C10H22O2Si. The van der Waals surface area contributed by atoms with E-state index < -0.39 is 8.32 Å². The predicted molar refractivity (Wildman–Crippen MR) is 59.0 cm³/mol. The third-order valence-corrected chi connectivity index (χ3v) is 2.04. The number of hydrogen-bond acceptors (Lipinski definition) is 2. The summed E-state index contributed by atoms with van der Waals surface area (Å²) < 4.78 is 11.3. The van der Waals surface area contributed by atoms with Crippen LogP contribution in [0.15, 0.2) is 11.5 Å². The third kappa shape index (κ3) is 6.69. The summed E-state index contributed by atoms with van der Waals surface area (Å²) in [6, 6.07) is 0. The summed E-state index contributed by atoms with van der Waals surface area (Å²) in [6.45, 7) is 13.3. The molecule has 0 aliphatic carbocycles. The van der Waals surface area contributed by atoms with E-state index in [2.05, 4.69) is 26.6 Å². The van der Waals surface area contributed by atoms with Crippen LogP contribution in [0.2, 0.25) is 19.6 Å². The monoisotopic (exact) mass is 202 g/mol. The van der Waals surface area contributed by atoms with Crippen LogP contribution >= 0.6 is 0 Å². The van der Waals surface area contributed by atoms with Crippen molar-refractivity contribution in [1.29, 1.82) is 0 Å². The van der Waals surface area contributed by atoms with Crippen molar-refractivity contribution in [2.24, 2.45) is 0 Å². The minimum atomic E-state index is -1.52. The van der Waals surface area contributed by atoms with Gasteiger partial charge in [0, 0.05) is 5.57 Å². The zero-order valence-electron chi connectivity index (χ0n) is 9.73. The zero-order valence-corrected chi connectivity index (χ0v) is 10.7. The van der Waals surface area contributed by atoms with E-state index in [0.717, 1.165) is 24.5 Å². The van der Waals surface area contributed by atoms with Crippen LogP contribution in [0.25, 0.3) is 0 Å². The molecule has 0 radical (unpaired) electrons. The van der Waals surface area contributed by atoms with Gasteiger partial charge in [-0.1, -0.05) is 6.92 Å². The van der Waals surface area contributed by atoms with E-state index in [1.54, 1.807) is 0 Å². The molecule has 0 aliphatic rings. The highest BCUT2D eigenvalue weighted by Crippen LogP contribution is 2.15. The summed E-state index contributed by atoms with van der Waals surface area (Å²) in [6.07, 6.45) is 1.02. The topological polar surface area (TPSA) is 18.5 Å². The molecule has 0 bridgehead atoms. The Morgan fingerprint density at radius 2 is 1.69 bits per heavy atom. The lowest BCUT2D eigenvalue weighted by Crippen LogP contribution is -2.26. The third-order valence-electron chi connectivity index (χ3n) is 1.24. The lowest BCUT2D eigenvalue weighted by Gasteiger charge is -2.22. The fraction of sp³-hybridized carbons (Fsp3) is 0.800. The van der Waals surface area contributed by atoms with Crippen molar-refractivity contribution in [1.82, 2.24) is 0 Å². The Hall–Kier alpha value is -0.443. The van der Waals surface area contributed by atoms with Crippen LogP contribution in [-0.4, -0.2) is 14.9 Å². The quantitative estimate of drug-likeness (QED) is 0.501. The summed E-state index contributed by atoms with van der Waals surface area (Å²) in [7, 11) is -1.52. The standard InChI is InChI=1S/C10H22O2Si/c1-7-8-11-10(9(2)3)12-13(4,5)6/h7-8H2,1-6H3. The molecule has 0 aliphatic heterocycles. The van der Waals surface area contributed by atoms with Crippen molar-refractivity contribution in [2.75, 3.05) is 6.61 Å². The second-order valence-corrected chi connectivity index (χ2v) is 8.78. The molecule has 0 aromatic heterocycles. The van der Waals surface area contributed by atoms with Crippen molar-refractivity contribution in [3.05, 3.63) is 11.5 Å². The Kier molecular flexibility index (Phi) is 5.14. The van der Waals surface area contributed by atoms with Crippen LogP contribution in [0.3, 0.4) is 0 Å². The van der Waals surface area contributed by atoms with Crippen LogP contribution in [-0.2, 0) is 9.16 Å². The van der Waals surface area contributed by atoms with E-state index in [4.69, 9.17) is 9.16 Å². The van der Waals surface area contributed by atoms with Crippen LogP contribution in [0.5, 0.6) is 0 Å². The predicted octanol–water partition coefficient (Wildman–Crippen LogP) is 3.52. The van der Waals surface area contributed by atoms with Gasteiger partial charge in [0.1, 0.15) is 0 Å². The molecule has 13 heavy (non-hydrogen) atoms. The van der Waals surface area contributed by atoms with Crippen LogP contribution in [0.1, 0.15) is 27.2 Å². The van der Waals surface area contributed by atoms with E-state index in [1.165, 1.54) is 0 Å². The fourth-order valence-corrected chi connectivity index (χ4v) is 1.57. The molecule has 0 saturated heterocycles. The molecular weight excluding hydrogens is 180 g/mol. The molecule has 0 fully saturated rings. The zero-order chi connectivity index (χ0) is 10.5. The van der Waals surface area contributed by atoms with E-state index in [0.29, 0.717) is 0 Å². The maximum absolute atomic E-state index is 5.80. The highest BCUT2D eigenvalue weighted by atomic mass is 28.4. The van der Waals surface area contributed by atoms with Gasteiger partial charge in [0.2, 0.25) is 8.32 Å². The van der Waals surface area contributed by atoms with E-state index in [9.17, 15) is 0 Å². The maximum atomic E-state index is 5.80. The Balaban J connectivity index is 4.22. The Morgan fingerprint density at radius 3 is 2.00 bits per heavy atom. The molecule has 78 valence electrons. The van der Waals surface area contributed by atoms with Crippen LogP contribution < -0.4 is 0 Å². The van der Waals surface area contributed by atoms with Gasteiger partial charge in [-0.2, -0.15) is 0 Å².